The summed E-state index contributed by atoms with van der Waals surface area (Å²) >= 11 is 0. The summed E-state index contributed by atoms with van der Waals surface area (Å²) in [5, 5.41) is 3.42. The minimum atomic E-state index is 0.138. The van der Waals surface area contributed by atoms with Gasteiger partial charge >= 0.3 is 0 Å². The van der Waals surface area contributed by atoms with Gasteiger partial charge in [0.25, 0.3) is 5.91 Å². The van der Waals surface area contributed by atoms with Crippen molar-refractivity contribution in [3.63, 3.8) is 0 Å². The number of rotatable bonds is 2. The molecule has 0 radical (unpaired) electrons. The molecule has 1 N–H and O–H groups in total. The van der Waals surface area contributed by atoms with Crippen molar-refractivity contribution in [3.8, 4) is 0 Å². The number of anilines is 1. The summed E-state index contributed by atoms with van der Waals surface area (Å²) in [6.45, 7) is 1.94. The number of carbonyl (C=O) groups is 1. The number of amides is 1. The smallest absolute Gasteiger partial charge is 0.255 e. The van der Waals surface area contributed by atoms with E-state index >= 15 is 0 Å². The van der Waals surface area contributed by atoms with Crippen LogP contribution < -0.4 is 10.2 Å². The zero-order valence-electron chi connectivity index (χ0n) is 12.2. The first-order valence-corrected chi connectivity index (χ1v) is 7.33. The van der Waals surface area contributed by atoms with Gasteiger partial charge in [-0.3, -0.25) is 4.79 Å². The predicted molar refractivity (Wildman–Crippen MR) is 79.0 cm³/mol. The number of nitrogens with one attached hydrogen (secondary N) is 1. The van der Waals surface area contributed by atoms with Crippen LogP contribution in [0, 0.1) is 0 Å². The largest absolute Gasteiger partial charge is 0.363 e. The predicted octanol–water partition coefficient (Wildman–Crippen LogP) is 1.11. The molecule has 20 heavy (non-hydrogen) atoms. The van der Waals surface area contributed by atoms with Gasteiger partial charge in [-0.05, 0) is 37.9 Å². The van der Waals surface area contributed by atoms with Crippen molar-refractivity contribution in [3.05, 3.63) is 23.9 Å². The Balaban J connectivity index is 1.81. The maximum Gasteiger partial charge on any atom is 0.255 e. The third-order valence-electron chi connectivity index (χ3n) is 4.34. The average molecular weight is 274 g/mol. The molecule has 2 fully saturated rings. The van der Waals surface area contributed by atoms with Crippen LogP contribution in [0.25, 0.3) is 0 Å². The molecule has 0 aromatic carbocycles. The Kier molecular flexibility index (Phi) is 3.61. The molecule has 5 nitrogen and oxygen atoms in total. The molecule has 2 bridgehead atoms. The second-order valence-electron chi connectivity index (χ2n) is 5.89. The second kappa shape index (κ2) is 5.40. The fraction of sp³-hybridized carbons (Fsp3) is 0.600. The molecule has 1 amide bonds. The monoisotopic (exact) mass is 274 g/mol. The molecule has 2 saturated heterocycles. The van der Waals surface area contributed by atoms with E-state index in [1.54, 1.807) is 6.20 Å². The highest BCUT2D eigenvalue weighted by molar-refractivity contribution is 5.94. The lowest BCUT2D eigenvalue weighted by Crippen LogP contribution is -2.42. The van der Waals surface area contributed by atoms with E-state index in [1.165, 1.54) is 0 Å². The van der Waals surface area contributed by atoms with Crippen molar-refractivity contribution < 1.29 is 4.79 Å². The highest BCUT2D eigenvalue weighted by Gasteiger charge is 2.38. The molecule has 2 atom stereocenters. The Morgan fingerprint density at radius 3 is 2.80 bits per heavy atom. The van der Waals surface area contributed by atoms with Gasteiger partial charge in [-0.1, -0.05) is 0 Å². The van der Waals surface area contributed by atoms with Gasteiger partial charge in [0.1, 0.15) is 5.82 Å². The van der Waals surface area contributed by atoms with Crippen molar-refractivity contribution in [1.29, 1.82) is 0 Å². The number of hydrogen-bond acceptors (Lipinski definition) is 4. The second-order valence-corrected chi connectivity index (χ2v) is 5.89. The van der Waals surface area contributed by atoms with Crippen molar-refractivity contribution in [2.45, 2.75) is 31.3 Å². The average Bonchev–Trinajstić information content (AvgIpc) is 2.71. The van der Waals surface area contributed by atoms with E-state index in [1.807, 2.05) is 31.1 Å². The van der Waals surface area contributed by atoms with Crippen molar-refractivity contribution >= 4 is 11.7 Å². The maximum atomic E-state index is 12.7. The van der Waals surface area contributed by atoms with Crippen molar-refractivity contribution in [1.82, 2.24) is 15.2 Å². The van der Waals surface area contributed by atoms with Crippen LogP contribution in [0.4, 0.5) is 5.82 Å². The van der Waals surface area contributed by atoms with Crippen LogP contribution in [0.5, 0.6) is 0 Å². The summed E-state index contributed by atoms with van der Waals surface area (Å²) in [4.78, 5) is 21.1. The van der Waals surface area contributed by atoms with Crippen molar-refractivity contribution in [2.75, 3.05) is 32.1 Å². The molecule has 2 unspecified atom stereocenters. The molecular formula is C15H22N4O. The Morgan fingerprint density at radius 2 is 2.10 bits per heavy atom. The van der Waals surface area contributed by atoms with Gasteiger partial charge in [-0.25, -0.2) is 4.98 Å². The van der Waals surface area contributed by atoms with Gasteiger partial charge < -0.3 is 15.1 Å². The molecule has 0 saturated carbocycles. The van der Waals surface area contributed by atoms with Gasteiger partial charge in [-0.15, -0.1) is 0 Å². The van der Waals surface area contributed by atoms with E-state index in [9.17, 15) is 4.79 Å². The first kappa shape index (κ1) is 13.4. The van der Waals surface area contributed by atoms with Crippen LogP contribution >= 0.6 is 0 Å². The summed E-state index contributed by atoms with van der Waals surface area (Å²) in [5.41, 5.74) is 0.703. The number of fused-ring (bicyclic) bond motifs is 2. The molecule has 2 aliphatic rings. The first-order valence-electron chi connectivity index (χ1n) is 7.33. The zero-order valence-corrected chi connectivity index (χ0v) is 12.2. The Hall–Kier alpha value is -1.62. The summed E-state index contributed by atoms with van der Waals surface area (Å²) in [7, 11) is 3.90. The number of carbonyl (C=O) groups excluding carboxylic acids is 1. The minimum Gasteiger partial charge on any atom is -0.363 e. The van der Waals surface area contributed by atoms with Crippen molar-refractivity contribution in [2.24, 2.45) is 0 Å². The molecule has 3 rings (SSSR count). The fourth-order valence-electron chi connectivity index (χ4n) is 3.24. The van der Waals surface area contributed by atoms with E-state index in [2.05, 4.69) is 15.2 Å². The van der Waals surface area contributed by atoms with Gasteiger partial charge in [0.05, 0.1) is 5.56 Å². The van der Waals surface area contributed by atoms with Crippen LogP contribution in [-0.4, -0.2) is 55.1 Å². The first-order chi connectivity index (χ1) is 9.66. The number of pyridine rings is 1. The maximum absolute atomic E-state index is 12.7. The minimum absolute atomic E-state index is 0.138. The lowest BCUT2D eigenvalue weighted by atomic mass is 10.1. The quantitative estimate of drug-likeness (QED) is 0.878. The molecular weight excluding hydrogens is 252 g/mol. The van der Waals surface area contributed by atoms with Crippen LogP contribution in [-0.2, 0) is 0 Å². The molecule has 2 aliphatic heterocycles. The van der Waals surface area contributed by atoms with Gasteiger partial charge in [-0.2, -0.15) is 0 Å². The Morgan fingerprint density at radius 1 is 1.30 bits per heavy atom. The summed E-state index contributed by atoms with van der Waals surface area (Å²) in [5.74, 6) is 1.01. The third-order valence-corrected chi connectivity index (χ3v) is 4.34. The third kappa shape index (κ3) is 2.38. The summed E-state index contributed by atoms with van der Waals surface area (Å²) in [6, 6.07) is 4.55. The molecule has 1 aromatic heterocycles. The molecule has 0 spiro atoms. The van der Waals surface area contributed by atoms with Crippen LogP contribution in [0.3, 0.4) is 0 Å². The van der Waals surface area contributed by atoms with Gasteiger partial charge in [0.2, 0.25) is 0 Å². The lowest BCUT2D eigenvalue weighted by Gasteiger charge is -2.28. The molecule has 5 heteroatoms. The van der Waals surface area contributed by atoms with Crippen LogP contribution in [0.15, 0.2) is 18.3 Å². The fourth-order valence-corrected chi connectivity index (χ4v) is 3.24. The standard InChI is InChI=1S/C15H22N4O/c1-18(2)14-6-3-11(9-17-14)15(20)19-12-4-5-13(19)10-16-8-7-12/h3,6,9,12-13,16H,4-5,7-8,10H2,1-2H3. The Bertz CT molecular complexity index is 471. The molecule has 1 aromatic rings. The topological polar surface area (TPSA) is 48.5 Å². The summed E-state index contributed by atoms with van der Waals surface area (Å²) < 4.78 is 0. The number of nitrogens with zero attached hydrogens (tertiary/aromatic N) is 3. The zero-order chi connectivity index (χ0) is 14.1. The highest BCUT2D eigenvalue weighted by atomic mass is 16.2. The summed E-state index contributed by atoms with van der Waals surface area (Å²) in [6.07, 6.45) is 5.02. The van der Waals surface area contributed by atoms with Crippen LogP contribution in [0.2, 0.25) is 0 Å². The normalized spacial score (nSPS) is 25.4. The van der Waals surface area contributed by atoms with E-state index in [0.29, 0.717) is 17.6 Å². The number of hydrogen-bond donors (Lipinski definition) is 1. The molecule has 0 aliphatic carbocycles. The van der Waals surface area contributed by atoms with E-state index in [0.717, 1.165) is 38.2 Å². The van der Waals surface area contributed by atoms with E-state index in [-0.39, 0.29) is 5.91 Å². The van der Waals surface area contributed by atoms with Crippen LogP contribution in [0.1, 0.15) is 29.6 Å². The van der Waals surface area contributed by atoms with Gasteiger partial charge in [0.15, 0.2) is 0 Å². The Labute approximate surface area is 120 Å². The lowest BCUT2D eigenvalue weighted by molar-refractivity contribution is 0.0680. The molecule has 108 valence electrons. The van der Waals surface area contributed by atoms with E-state index in [4.69, 9.17) is 0 Å². The molecule has 3 heterocycles. The van der Waals surface area contributed by atoms with E-state index < -0.39 is 0 Å². The highest BCUT2D eigenvalue weighted by Crippen LogP contribution is 2.29. The number of aromatic nitrogens is 1. The van der Waals surface area contributed by atoms with Gasteiger partial charge in [0, 0.05) is 38.9 Å². The SMILES string of the molecule is CN(C)c1ccc(C(=O)N2C3CCNCC2CC3)cn1.